The van der Waals surface area contributed by atoms with Crippen molar-refractivity contribution in [3.63, 3.8) is 0 Å². The summed E-state index contributed by atoms with van der Waals surface area (Å²) < 4.78 is 6.02. The molecule has 3 rings (SSSR count). The van der Waals surface area contributed by atoms with Gasteiger partial charge in [0.05, 0.1) is 4.92 Å². The fourth-order valence-electron chi connectivity index (χ4n) is 2.12. The van der Waals surface area contributed by atoms with Crippen LogP contribution >= 0.6 is 15.9 Å². The Morgan fingerprint density at radius 3 is 2.56 bits per heavy atom. The molecule has 0 aliphatic carbocycles. The van der Waals surface area contributed by atoms with Crippen LogP contribution in [0, 0.1) is 10.1 Å². The maximum atomic E-state index is 11.9. The number of halogens is 1. The maximum Gasteiger partial charge on any atom is 0.363 e. The highest BCUT2D eigenvalue weighted by Crippen LogP contribution is 2.19. The molecule has 0 spiro atoms. The SMILES string of the molecule is O=C1OC(/C=C/c2cccc([N+](=O)[O-])c2)=NC/1=C\c1ccc(Br)cc1. The number of aliphatic imine (C=N–C) groups is 1. The molecular formula is C18H11BrN2O4. The minimum atomic E-state index is -0.540. The van der Waals surface area contributed by atoms with E-state index in [9.17, 15) is 14.9 Å². The Balaban J connectivity index is 1.79. The molecule has 124 valence electrons. The van der Waals surface area contributed by atoms with Gasteiger partial charge in [0.25, 0.3) is 5.69 Å². The molecule has 0 aromatic heterocycles. The molecule has 25 heavy (non-hydrogen) atoms. The Hall–Kier alpha value is -3.06. The van der Waals surface area contributed by atoms with Gasteiger partial charge in [0, 0.05) is 22.7 Å². The Bertz CT molecular complexity index is 930. The quantitative estimate of drug-likeness (QED) is 0.331. The summed E-state index contributed by atoms with van der Waals surface area (Å²) in [5.74, 6) is -0.401. The van der Waals surface area contributed by atoms with Crippen molar-refractivity contribution in [2.24, 2.45) is 4.99 Å². The first-order valence-corrected chi connectivity index (χ1v) is 8.01. The zero-order chi connectivity index (χ0) is 17.8. The van der Waals surface area contributed by atoms with Crippen LogP contribution in [-0.2, 0) is 9.53 Å². The first kappa shape index (κ1) is 16.8. The van der Waals surface area contributed by atoms with Crippen molar-refractivity contribution in [3.05, 3.63) is 86.0 Å². The van der Waals surface area contributed by atoms with Gasteiger partial charge in [-0.2, -0.15) is 0 Å². The predicted molar refractivity (Wildman–Crippen MR) is 97.8 cm³/mol. The molecule has 7 heteroatoms. The summed E-state index contributed by atoms with van der Waals surface area (Å²) in [5, 5.41) is 10.8. The molecule has 2 aromatic carbocycles. The van der Waals surface area contributed by atoms with E-state index < -0.39 is 10.9 Å². The number of benzene rings is 2. The lowest BCUT2D eigenvalue weighted by molar-refractivity contribution is -0.384. The lowest BCUT2D eigenvalue weighted by atomic mass is 10.2. The van der Waals surface area contributed by atoms with Crippen molar-refractivity contribution in [1.29, 1.82) is 0 Å². The first-order chi connectivity index (χ1) is 12.0. The van der Waals surface area contributed by atoms with Crippen LogP contribution in [0.4, 0.5) is 5.69 Å². The van der Waals surface area contributed by atoms with Crippen LogP contribution in [0.15, 0.2) is 69.8 Å². The van der Waals surface area contributed by atoms with E-state index in [0.29, 0.717) is 5.56 Å². The summed E-state index contributed by atoms with van der Waals surface area (Å²) in [6.07, 6.45) is 4.73. The molecule has 0 amide bonds. The summed E-state index contributed by atoms with van der Waals surface area (Å²) in [6, 6.07) is 13.5. The zero-order valence-corrected chi connectivity index (χ0v) is 14.3. The first-order valence-electron chi connectivity index (χ1n) is 7.22. The maximum absolute atomic E-state index is 11.9. The molecule has 0 saturated carbocycles. The summed E-state index contributed by atoms with van der Waals surface area (Å²) in [4.78, 5) is 26.3. The normalized spacial score (nSPS) is 15.5. The molecule has 0 radical (unpaired) electrons. The van der Waals surface area contributed by atoms with Crippen LogP contribution < -0.4 is 0 Å². The number of cyclic esters (lactones) is 1. The standard InChI is InChI=1S/C18H11BrN2O4/c19-14-7-4-13(5-8-14)11-16-18(22)25-17(20-16)9-6-12-2-1-3-15(10-12)21(23)24/h1-11H/b9-6+,16-11-. The molecule has 0 N–H and O–H groups in total. The predicted octanol–water partition coefficient (Wildman–Crippen LogP) is 4.37. The molecule has 1 aliphatic rings. The van der Waals surface area contributed by atoms with Crippen LogP contribution in [0.25, 0.3) is 12.2 Å². The van der Waals surface area contributed by atoms with Gasteiger partial charge in [-0.15, -0.1) is 0 Å². The van der Waals surface area contributed by atoms with Crippen LogP contribution in [0.2, 0.25) is 0 Å². The molecule has 2 aromatic rings. The van der Waals surface area contributed by atoms with Crippen LogP contribution in [0.1, 0.15) is 11.1 Å². The summed E-state index contributed by atoms with van der Waals surface area (Å²) in [5.41, 5.74) is 1.62. The molecule has 1 heterocycles. The number of esters is 1. The van der Waals surface area contributed by atoms with E-state index in [2.05, 4.69) is 20.9 Å². The second-order valence-electron chi connectivity index (χ2n) is 5.11. The number of carbonyl (C=O) groups is 1. The highest BCUT2D eigenvalue weighted by atomic mass is 79.9. The number of rotatable bonds is 4. The number of nitrogens with zero attached hydrogens (tertiary/aromatic N) is 2. The Labute approximate surface area is 151 Å². The number of nitro benzene ring substituents is 1. The van der Waals surface area contributed by atoms with Crippen molar-refractivity contribution in [1.82, 2.24) is 0 Å². The number of non-ortho nitro benzene ring substituents is 1. The van der Waals surface area contributed by atoms with E-state index in [-0.39, 0.29) is 17.3 Å². The number of nitro groups is 1. The second kappa shape index (κ2) is 7.23. The van der Waals surface area contributed by atoms with Crippen molar-refractivity contribution in [2.45, 2.75) is 0 Å². The Morgan fingerprint density at radius 2 is 1.84 bits per heavy atom. The van der Waals surface area contributed by atoms with E-state index in [1.807, 2.05) is 24.3 Å². The van der Waals surface area contributed by atoms with E-state index in [1.54, 1.807) is 24.3 Å². The second-order valence-corrected chi connectivity index (χ2v) is 6.02. The third-order valence-electron chi connectivity index (χ3n) is 3.31. The minimum Gasteiger partial charge on any atom is -0.403 e. The fraction of sp³-hybridized carbons (Fsp3) is 0. The van der Waals surface area contributed by atoms with Crippen molar-refractivity contribution in [2.75, 3.05) is 0 Å². The average molecular weight is 399 g/mol. The van der Waals surface area contributed by atoms with Crippen molar-refractivity contribution < 1.29 is 14.5 Å². The van der Waals surface area contributed by atoms with Crippen molar-refractivity contribution in [3.8, 4) is 0 Å². The molecule has 6 nitrogen and oxygen atoms in total. The van der Waals surface area contributed by atoms with E-state index in [1.165, 1.54) is 18.2 Å². The third-order valence-corrected chi connectivity index (χ3v) is 3.84. The number of hydrogen-bond donors (Lipinski definition) is 0. The monoisotopic (exact) mass is 398 g/mol. The molecule has 1 aliphatic heterocycles. The largest absolute Gasteiger partial charge is 0.403 e. The minimum absolute atomic E-state index is 0.0108. The van der Waals surface area contributed by atoms with Gasteiger partial charge in [-0.3, -0.25) is 10.1 Å². The highest BCUT2D eigenvalue weighted by molar-refractivity contribution is 9.10. The van der Waals surface area contributed by atoms with E-state index >= 15 is 0 Å². The zero-order valence-electron chi connectivity index (χ0n) is 12.8. The van der Waals surface area contributed by atoms with Gasteiger partial charge in [0.1, 0.15) is 0 Å². The fourth-order valence-corrected chi connectivity index (χ4v) is 2.39. The Morgan fingerprint density at radius 1 is 1.08 bits per heavy atom. The van der Waals surface area contributed by atoms with Gasteiger partial charge in [0.15, 0.2) is 5.70 Å². The molecule has 0 bridgehead atoms. The lowest BCUT2D eigenvalue weighted by Crippen LogP contribution is -2.01. The van der Waals surface area contributed by atoms with E-state index in [4.69, 9.17) is 4.74 Å². The lowest BCUT2D eigenvalue weighted by Gasteiger charge is -1.95. The smallest absolute Gasteiger partial charge is 0.363 e. The molecule has 0 unspecified atom stereocenters. The number of carbonyl (C=O) groups excluding carboxylic acids is 1. The number of ether oxygens (including phenoxy) is 1. The molecule has 0 saturated heterocycles. The number of hydrogen-bond acceptors (Lipinski definition) is 5. The summed E-state index contributed by atoms with van der Waals surface area (Å²) >= 11 is 3.35. The highest BCUT2D eigenvalue weighted by Gasteiger charge is 2.21. The average Bonchev–Trinajstić information content (AvgIpc) is 2.95. The van der Waals surface area contributed by atoms with Crippen LogP contribution in [-0.4, -0.2) is 16.8 Å². The molecular weight excluding hydrogens is 388 g/mol. The molecule has 0 fully saturated rings. The van der Waals surface area contributed by atoms with Gasteiger partial charge >= 0.3 is 5.97 Å². The Kier molecular flexibility index (Phi) is 4.85. The summed E-state index contributed by atoms with van der Waals surface area (Å²) in [7, 11) is 0. The van der Waals surface area contributed by atoms with Gasteiger partial charge in [-0.1, -0.05) is 40.2 Å². The van der Waals surface area contributed by atoms with Crippen LogP contribution in [0.5, 0.6) is 0 Å². The van der Waals surface area contributed by atoms with Gasteiger partial charge in [-0.25, -0.2) is 9.79 Å². The van der Waals surface area contributed by atoms with Gasteiger partial charge in [0.2, 0.25) is 5.90 Å². The summed E-state index contributed by atoms with van der Waals surface area (Å²) in [6.45, 7) is 0. The topological polar surface area (TPSA) is 81.8 Å². The molecule has 0 atom stereocenters. The van der Waals surface area contributed by atoms with Gasteiger partial charge < -0.3 is 4.74 Å². The van der Waals surface area contributed by atoms with Gasteiger partial charge in [-0.05, 0) is 35.4 Å². The van der Waals surface area contributed by atoms with Crippen LogP contribution in [0.3, 0.4) is 0 Å². The van der Waals surface area contributed by atoms with E-state index in [0.717, 1.165) is 10.0 Å². The third kappa shape index (κ3) is 4.27. The van der Waals surface area contributed by atoms with Crippen molar-refractivity contribution >= 4 is 45.6 Å².